The van der Waals surface area contributed by atoms with Crippen molar-refractivity contribution in [2.24, 2.45) is 5.73 Å². The maximum Gasteiger partial charge on any atom is 0.235 e. The molecule has 0 aliphatic carbocycles. The molecular formula is C23H22Cl2N4. The molecule has 0 amide bonds. The first-order chi connectivity index (χ1) is 13.8. The van der Waals surface area contributed by atoms with Gasteiger partial charge in [-0.3, -0.25) is 4.40 Å². The van der Waals surface area contributed by atoms with E-state index in [1.807, 2.05) is 79.0 Å². The van der Waals surface area contributed by atoms with Crippen molar-refractivity contribution in [1.82, 2.24) is 14.4 Å². The van der Waals surface area contributed by atoms with E-state index in [9.17, 15) is 0 Å². The molecule has 0 bridgehead atoms. The fraction of sp³-hybridized carbons (Fsp3) is 0.217. The number of halogens is 2. The lowest BCUT2D eigenvalue weighted by Gasteiger charge is -2.17. The molecule has 6 heteroatoms. The van der Waals surface area contributed by atoms with Gasteiger partial charge in [-0.05, 0) is 57.0 Å². The molecule has 0 radical (unpaired) electrons. The molecule has 4 rings (SSSR count). The lowest BCUT2D eigenvalue weighted by atomic mass is 9.99. The minimum absolute atomic E-state index is 0.230. The van der Waals surface area contributed by atoms with E-state index in [1.165, 1.54) is 0 Å². The van der Waals surface area contributed by atoms with Crippen molar-refractivity contribution in [3.8, 4) is 22.5 Å². The molecular weight excluding hydrogens is 403 g/mol. The van der Waals surface area contributed by atoms with Crippen LogP contribution in [0.2, 0.25) is 10.0 Å². The topological polar surface area (TPSA) is 56.2 Å². The van der Waals surface area contributed by atoms with Gasteiger partial charge in [0.15, 0.2) is 0 Å². The van der Waals surface area contributed by atoms with Gasteiger partial charge >= 0.3 is 0 Å². The van der Waals surface area contributed by atoms with E-state index < -0.39 is 0 Å². The Kier molecular flexibility index (Phi) is 5.34. The Morgan fingerprint density at radius 2 is 1.45 bits per heavy atom. The van der Waals surface area contributed by atoms with Gasteiger partial charge in [-0.15, -0.1) is 0 Å². The average molecular weight is 425 g/mol. The van der Waals surface area contributed by atoms with Crippen LogP contribution in [0.5, 0.6) is 0 Å². The normalized spacial score (nSPS) is 11.9. The summed E-state index contributed by atoms with van der Waals surface area (Å²) in [6.45, 7) is 4.05. The van der Waals surface area contributed by atoms with E-state index in [2.05, 4.69) is 0 Å². The number of imidazole rings is 1. The molecule has 0 unspecified atom stereocenters. The molecule has 0 saturated heterocycles. The summed E-state index contributed by atoms with van der Waals surface area (Å²) in [6.07, 6.45) is 3.68. The van der Waals surface area contributed by atoms with Crippen LogP contribution in [0.1, 0.15) is 26.0 Å². The minimum atomic E-state index is -0.230. The molecule has 0 fully saturated rings. The highest BCUT2D eigenvalue weighted by atomic mass is 35.5. The zero-order chi connectivity index (χ0) is 20.6. The summed E-state index contributed by atoms with van der Waals surface area (Å²) in [6, 6.07) is 17.5. The van der Waals surface area contributed by atoms with E-state index in [4.69, 9.17) is 38.9 Å². The summed E-state index contributed by atoms with van der Waals surface area (Å²) in [5.74, 6) is 0.659. The van der Waals surface area contributed by atoms with Gasteiger partial charge in [-0.25, -0.2) is 9.97 Å². The Labute approximate surface area is 180 Å². The van der Waals surface area contributed by atoms with Crippen molar-refractivity contribution in [2.45, 2.75) is 32.2 Å². The number of nitrogens with two attached hydrogens (primary N) is 1. The Hall–Kier alpha value is -2.40. The third kappa shape index (κ3) is 4.45. The van der Waals surface area contributed by atoms with Crippen LogP contribution in [0.15, 0.2) is 60.8 Å². The fourth-order valence-electron chi connectivity index (χ4n) is 3.25. The molecule has 4 aromatic rings. The standard InChI is InChI=1S/C23H22Cl2N4/c1-23(2,26)13-11-19-12-14-29-21(16-5-9-18(25)10-6-16)20(28-22(29)27-19)15-3-7-17(24)8-4-15/h3-10,12,14H,11,13,26H2,1-2H3. The van der Waals surface area contributed by atoms with Crippen LogP contribution in [0.3, 0.4) is 0 Å². The zero-order valence-electron chi connectivity index (χ0n) is 16.4. The van der Waals surface area contributed by atoms with Gasteiger partial charge in [0.25, 0.3) is 0 Å². The molecule has 2 aromatic heterocycles. The Morgan fingerprint density at radius 3 is 2.03 bits per heavy atom. The number of hydrogen-bond donors (Lipinski definition) is 1. The minimum Gasteiger partial charge on any atom is -0.326 e. The van der Waals surface area contributed by atoms with E-state index in [0.29, 0.717) is 15.8 Å². The van der Waals surface area contributed by atoms with Crippen molar-refractivity contribution in [3.05, 3.63) is 76.5 Å². The summed E-state index contributed by atoms with van der Waals surface area (Å²) < 4.78 is 2.02. The molecule has 2 aromatic carbocycles. The second-order valence-electron chi connectivity index (χ2n) is 7.90. The lowest BCUT2D eigenvalue weighted by Crippen LogP contribution is -2.32. The van der Waals surface area contributed by atoms with E-state index in [1.54, 1.807) is 0 Å². The maximum absolute atomic E-state index is 6.13. The highest BCUT2D eigenvalue weighted by Gasteiger charge is 2.18. The van der Waals surface area contributed by atoms with Gasteiger partial charge in [-0.2, -0.15) is 0 Å². The summed E-state index contributed by atoms with van der Waals surface area (Å²) in [5, 5.41) is 1.38. The number of hydrogen-bond acceptors (Lipinski definition) is 3. The van der Waals surface area contributed by atoms with Crippen LogP contribution in [0.25, 0.3) is 28.3 Å². The number of nitrogens with zero attached hydrogens (tertiary/aromatic N) is 3. The van der Waals surface area contributed by atoms with Crippen LogP contribution in [-0.4, -0.2) is 19.9 Å². The van der Waals surface area contributed by atoms with Gasteiger partial charge in [0.05, 0.1) is 11.4 Å². The molecule has 0 spiro atoms. The highest BCUT2D eigenvalue weighted by Crippen LogP contribution is 2.33. The molecule has 2 N–H and O–H groups in total. The van der Waals surface area contributed by atoms with Crippen molar-refractivity contribution >= 4 is 29.0 Å². The predicted octanol–water partition coefficient (Wildman–Crippen LogP) is 6.04. The summed E-state index contributed by atoms with van der Waals surface area (Å²) >= 11 is 12.2. The largest absolute Gasteiger partial charge is 0.326 e. The molecule has 29 heavy (non-hydrogen) atoms. The van der Waals surface area contributed by atoms with Crippen molar-refractivity contribution in [2.75, 3.05) is 0 Å². The van der Waals surface area contributed by atoms with Gasteiger partial charge in [0, 0.05) is 38.6 Å². The summed E-state index contributed by atoms with van der Waals surface area (Å²) in [4.78, 5) is 9.65. The van der Waals surface area contributed by atoms with E-state index >= 15 is 0 Å². The summed E-state index contributed by atoms with van der Waals surface area (Å²) in [5.41, 5.74) is 10.7. The van der Waals surface area contributed by atoms with Crippen molar-refractivity contribution in [3.63, 3.8) is 0 Å². The number of aromatic nitrogens is 3. The first-order valence-corrected chi connectivity index (χ1v) is 10.2. The van der Waals surface area contributed by atoms with Crippen molar-refractivity contribution < 1.29 is 0 Å². The average Bonchev–Trinajstić information content (AvgIpc) is 3.06. The zero-order valence-corrected chi connectivity index (χ0v) is 17.9. The molecule has 4 nitrogen and oxygen atoms in total. The van der Waals surface area contributed by atoms with E-state index in [0.717, 1.165) is 41.1 Å². The molecule has 0 aliphatic rings. The summed E-state index contributed by atoms with van der Waals surface area (Å²) in [7, 11) is 0. The Bertz CT molecular complexity index is 1140. The highest BCUT2D eigenvalue weighted by molar-refractivity contribution is 6.31. The lowest BCUT2D eigenvalue weighted by molar-refractivity contribution is 0.474. The first-order valence-electron chi connectivity index (χ1n) is 9.49. The van der Waals surface area contributed by atoms with Crippen molar-refractivity contribution in [1.29, 1.82) is 0 Å². The Morgan fingerprint density at radius 1 is 0.862 bits per heavy atom. The molecule has 2 heterocycles. The van der Waals surface area contributed by atoms with Gasteiger partial charge in [-0.1, -0.05) is 47.5 Å². The van der Waals surface area contributed by atoms with Gasteiger partial charge in [0.1, 0.15) is 0 Å². The second-order valence-corrected chi connectivity index (χ2v) is 8.77. The molecule has 0 aliphatic heterocycles. The quantitative estimate of drug-likeness (QED) is 0.424. The number of aryl methyl sites for hydroxylation is 1. The van der Waals surface area contributed by atoms with Crippen LogP contribution >= 0.6 is 23.2 Å². The smallest absolute Gasteiger partial charge is 0.235 e. The van der Waals surface area contributed by atoms with Crippen LogP contribution in [0, 0.1) is 0 Å². The van der Waals surface area contributed by atoms with Crippen LogP contribution < -0.4 is 5.73 Å². The van der Waals surface area contributed by atoms with Gasteiger partial charge in [0.2, 0.25) is 5.78 Å². The number of fused-ring (bicyclic) bond motifs is 1. The second kappa shape index (κ2) is 7.79. The monoisotopic (exact) mass is 424 g/mol. The van der Waals surface area contributed by atoms with E-state index in [-0.39, 0.29) is 5.54 Å². The molecule has 0 saturated carbocycles. The predicted molar refractivity (Wildman–Crippen MR) is 120 cm³/mol. The number of benzene rings is 2. The molecule has 148 valence electrons. The van der Waals surface area contributed by atoms with Crippen LogP contribution in [0.4, 0.5) is 0 Å². The third-order valence-electron chi connectivity index (χ3n) is 4.81. The Balaban J connectivity index is 1.86. The fourth-order valence-corrected chi connectivity index (χ4v) is 3.50. The molecule has 0 atom stereocenters. The third-order valence-corrected chi connectivity index (χ3v) is 5.32. The van der Waals surface area contributed by atoms with Gasteiger partial charge < -0.3 is 5.73 Å². The SMILES string of the molecule is CC(C)(N)CCc1ccn2c(-c3ccc(Cl)cc3)c(-c3ccc(Cl)cc3)nc2n1. The first kappa shape index (κ1) is 19.9. The maximum atomic E-state index is 6.13. The number of rotatable bonds is 5. The van der Waals surface area contributed by atoms with Crippen LogP contribution in [-0.2, 0) is 6.42 Å².